The summed E-state index contributed by atoms with van der Waals surface area (Å²) in [4.78, 5) is 15.1. The molecule has 2 aromatic carbocycles. The molecule has 0 atom stereocenters. The Balaban J connectivity index is 1.72. The van der Waals surface area contributed by atoms with Crippen LogP contribution in [0.4, 0.5) is 10.1 Å². The fourth-order valence-corrected chi connectivity index (χ4v) is 2.94. The quantitative estimate of drug-likeness (QED) is 0.375. The van der Waals surface area contributed by atoms with E-state index in [-0.39, 0.29) is 11.5 Å². The van der Waals surface area contributed by atoms with Gasteiger partial charge < -0.3 is 0 Å². The number of rotatable bonds is 5. The van der Waals surface area contributed by atoms with E-state index in [0.29, 0.717) is 29.1 Å². The maximum atomic E-state index is 13.2. The number of nitro groups is 1. The van der Waals surface area contributed by atoms with Gasteiger partial charge in [-0.15, -0.1) is 0 Å². The molecule has 0 spiro atoms. The zero-order valence-electron chi connectivity index (χ0n) is 14.7. The Hall–Kier alpha value is -3.87. The highest BCUT2D eigenvalue weighted by atomic mass is 19.1. The monoisotopic (exact) mass is 374 g/mol. The van der Waals surface area contributed by atoms with Gasteiger partial charge in [0, 0.05) is 11.8 Å². The summed E-state index contributed by atoms with van der Waals surface area (Å²) < 4.78 is 14.9. The SMILES string of the molecule is O=[N+]([O-])c1cnc(-c2ccc(F)cc2)cc1-c1ccn(Cc2ccccc2)n1. The normalized spacial score (nSPS) is 10.8. The highest BCUT2D eigenvalue weighted by Crippen LogP contribution is 2.31. The fraction of sp³-hybridized carbons (Fsp3) is 0.0476. The molecule has 28 heavy (non-hydrogen) atoms. The summed E-state index contributed by atoms with van der Waals surface area (Å²) in [5.74, 6) is -0.356. The Labute approximate surface area is 160 Å². The minimum absolute atomic E-state index is 0.129. The number of hydrogen-bond acceptors (Lipinski definition) is 4. The number of hydrogen-bond donors (Lipinski definition) is 0. The lowest BCUT2D eigenvalue weighted by atomic mass is 10.1. The molecule has 0 radical (unpaired) electrons. The molecule has 2 heterocycles. The molecule has 4 aromatic rings. The summed E-state index contributed by atoms with van der Waals surface area (Å²) in [7, 11) is 0. The molecular formula is C21H15FN4O2. The Morgan fingerprint density at radius 2 is 1.75 bits per heavy atom. The summed E-state index contributed by atoms with van der Waals surface area (Å²) in [5, 5.41) is 16.0. The fourth-order valence-electron chi connectivity index (χ4n) is 2.94. The molecular weight excluding hydrogens is 359 g/mol. The van der Waals surface area contributed by atoms with Crippen LogP contribution < -0.4 is 0 Å². The Bertz CT molecular complexity index is 1120. The molecule has 0 aliphatic rings. The molecule has 0 saturated carbocycles. The van der Waals surface area contributed by atoms with Crippen LogP contribution in [0.1, 0.15) is 5.56 Å². The van der Waals surface area contributed by atoms with Gasteiger partial charge in [-0.25, -0.2) is 9.37 Å². The second kappa shape index (κ2) is 7.40. The molecule has 0 amide bonds. The lowest BCUT2D eigenvalue weighted by Gasteiger charge is -2.05. The summed E-state index contributed by atoms with van der Waals surface area (Å²) >= 11 is 0. The molecule has 0 aliphatic carbocycles. The standard InChI is InChI=1S/C21H15FN4O2/c22-17-8-6-16(7-9-17)20-12-18(21(13-23-20)26(27)28)19-10-11-25(24-19)14-15-4-2-1-3-5-15/h1-13H,14H2. The minimum Gasteiger partial charge on any atom is -0.268 e. The van der Waals surface area contributed by atoms with Crippen LogP contribution in [-0.2, 0) is 6.54 Å². The summed E-state index contributed by atoms with van der Waals surface area (Å²) in [6.07, 6.45) is 2.99. The van der Waals surface area contributed by atoms with Crippen LogP contribution in [0.25, 0.3) is 22.5 Å². The molecule has 0 aliphatic heterocycles. The summed E-state index contributed by atoms with van der Waals surface area (Å²) in [6, 6.07) is 19.0. The largest absolute Gasteiger partial charge is 0.297 e. The van der Waals surface area contributed by atoms with Crippen LogP contribution in [0.3, 0.4) is 0 Å². The number of aromatic nitrogens is 3. The molecule has 6 nitrogen and oxygen atoms in total. The first-order valence-corrected chi connectivity index (χ1v) is 8.58. The van der Waals surface area contributed by atoms with Gasteiger partial charge in [0.25, 0.3) is 5.69 Å². The van der Waals surface area contributed by atoms with E-state index in [1.165, 1.54) is 18.3 Å². The second-order valence-electron chi connectivity index (χ2n) is 6.23. The predicted molar refractivity (Wildman–Crippen MR) is 103 cm³/mol. The highest BCUT2D eigenvalue weighted by Gasteiger charge is 2.19. The van der Waals surface area contributed by atoms with Crippen LogP contribution >= 0.6 is 0 Å². The molecule has 138 valence electrons. The van der Waals surface area contributed by atoms with Crippen molar-refractivity contribution in [2.75, 3.05) is 0 Å². The molecule has 0 unspecified atom stereocenters. The second-order valence-corrected chi connectivity index (χ2v) is 6.23. The average molecular weight is 374 g/mol. The molecule has 0 bridgehead atoms. The van der Waals surface area contributed by atoms with Gasteiger partial charge in [-0.3, -0.25) is 14.8 Å². The first-order valence-electron chi connectivity index (χ1n) is 8.58. The van der Waals surface area contributed by atoms with E-state index >= 15 is 0 Å². The lowest BCUT2D eigenvalue weighted by molar-refractivity contribution is -0.384. The van der Waals surface area contributed by atoms with Gasteiger partial charge in [-0.1, -0.05) is 30.3 Å². The smallest absolute Gasteiger partial charge is 0.268 e. The maximum absolute atomic E-state index is 13.2. The molecule has 4 rings (SSSR count). The van der Waals surface area contributed by atoms with Crippen molar-refractivity contribution >= 4 is 5.69 Å². The van der Waals surface area contributed by atoms with Gasteiger partial charge in [0.05, 0.1) is 28.4 Å². The third kappa shape index (κ3) is 3.64. The van der Waals surface area contributed by atoms with Crippen LogP contribution in [-0.4, -0.2) is 19.7 Å². The van der Waals surface area contributed by atoms with Crippen LogP contribution in [0.5, 0.6) is 0 Å². The van der Waals surface area contributed by atoms with Gasteiger partial charge in [-0.05, 0) is 42.0 Å². The molecule has 2 aromatic heterocycles. The van der Waals surface area contributed by atoms with E-state index in [1.54, 1.807) is 35.1 Å². The van der Waals surface area contributed by atoms with Crippen molar-refractivity contribution < 1.29 is 9.31 Å². The van der Waals surface area contributed by atoms with Gasteiger partial charge >= 0.3 is 0 Å². The molecule has 0 N–H and O–H groups in total. The van der Waals surface area contributed by atoms with Crippen molar-refractivity contribution in [1.82, 2.24) is 14.8 Å². The molecule has 0 fully saturated rings. The first-order chi connectivity index (χ1) is 13.6. The zero-order valence-corrected chi connectivity index (χ0v) is 14.7. The zero-order chi connectivity index (χ0) is 19.5. The van der Waals surface area contributed by atoms with Crippen molar-refractivity contribution in [2.24, 2.45) is 0 Å². The van der Waals surface area contributed by atoms with Gasteiger partial charge in [0.15, 0.2) is 0 Å². The average Bonchev–Trinajstić information content (AvgIpc) is 3.17. The van der Waals surface area contributed by atoms with Crippen LogP contribution in [0.15, 0.2) is 79.1 Å². The first kappa shape index (κ1) is 17.5. The van der Waals surface area contributed by atoms with E-state index in [2.05, 4.69) is 10.1 Å². The molecule has 7 heteroatoms. The summed E-state index contributed by atoms with van der Waals surface area (Å²) in [6.45, 7) is 0.560. The van der Waals surface area contributed by atoms with E-state index < -0.39 is 4.92 Å². The van der Waals surface area contributed by atoms with Crippen molar-refractivity contribution in [3.63, 3.8) is 0 Å². The number of benzene rings is 2. The Morgan fingerprint density at radius 1 is 1.00 bits per heavy atom. The number of nitrogens with zero attached hydrogens (tertiary/aromatic N) is 4. The topological polar surface area (TPSA) is 73.8 Å². The van der Waals surface area contributed by atoms with Crippen molar-refractivity contribution in [2.45, 2.75) is 6.54 Å². The van der Waals surface area contributed by atoms with E-state index in [4.69, 9.17) is 0 Å². The van der Waals surface area contributed by atoms with Gasteiger partial charge in [-0.2, -0.15) is 5.10 Å². The van der Waals surface area contributed by atoms with Crippen LogP contribution in [0.2, 0.25) is 0 Å². The Morgan fingerprint density at radius 3 is 2.46 bits per heavy atom. The minimum atomic E-state index is -0.479. The van der Waals surface area contributed by atoms with E-state index in [1.807, 2.05) is 30.3 Å². The number of pyridine rings is 1. The lowest BCUT2D eigenvalue weighted by Crippen LogP contribution is -2.01. The summed E-state index contributed by atoms with van der Waals surface area (Å²) in [5.41, 5.74) is 2.98. The van der Waals surface area contributed by atoms with Crippen molar-refractivity contribution in [1.29, 1.82) is 0 Å². The van der Waals surface area contributed by atoms with Crippen LogP contribution in [0, 0.1) is 15.9 Å². The van der Waals surface area contributed by atoms with Crippen molar-refractivity contribution in [3.05, 3.63) is 101 Å². The maximum Gasteiger partial charge on any atom is 0.297 e. The van der Waals surface area contributed by atoms with E-state index in [9.17, 15) is 14.5 Å². The van der Waals surface area contributed by atoms with Gasteiger partial charge in [0.1, 0.15) is 12.0 Å². The predicted octanol–water partition coefficient (Wildman–Crippen LogP) is 4.71. The third-order valence-electron chi connectivity index (χ3n) is 4.32. The molecule has 0 saturated heterocycles. The van der Waals surface area contributed by atoms with Gasteiger partial charge in [0.2, 0.25) is 0 Å². The Kier molecular flexibility index (Phi) is 4.63. The third-order valence-corrected chi connectivity index (χ3v) is 4.32. The van der Waals surface area contributed by atoms with E-state index in [0.717, 1.165) is 5.56 Å². The van der Waals surface area contributed by atoms with Crippen molar-refractivity contribution in [3.8, 4) is 22.5 Å². The number of halogens is 1. The highest BCUT2D eigenvalue weighted by molar-refractivity contribution is 5.75.